The zero-order valence-electron chi connectivity index (χ0n) is 10.5. The number of hydrogen-bond acceptors (Lipinski definition) is 3. The summed E-state index contributed by atoms with van der Waals surface area (Å²) < 4.78 is 27.6. The summed E-state index contributed by atoms with van der Waals surface area (Å²) in [7, 11) is -2.09. The number of carbonyl (C=O) groups is 1. The highest BCUT2D eigenvalue weighted by Gasteiger charge is 2.19. The zero-order valence-corrected chi connectivity index (χ0v) is 14.5. The van der Waals surface area contributed by atoms with Gasteiger partial charge < -0.3 is 4.90 Å². The lowest BCUT2D eigenvalue weighted by Crippen LogP contribution is -2.38. The highest BCUT2D eigenvalue weighted by Crippen LogP contribution is 2.25. The Morgan fingerprint density at radius 3 is 2.53 bits per heavy atom. The summed E-state index contributed by atoms with van der Waals surface area (Å²) in [6.07, 6.45) is 0. The number of nitrogens with one attached hydrogen (secondary N) is 1. The van der Waals surface area contributed by atoms with Crippen molar-refractivity contribution in [3.05, 3.63) is 27.1 Å². The molecule has 0 saturated heterocycles. The van der Waals surface area contributed by atoms with Crippen LogP contribution in [0.5, 0.6) is 0 Å². The van der Waals surface area contributed by atoms with E-state index in [-0.39, 0.29) is 17.3 Å². The molecule has 0 unspecified atom stereocenters. The van der Waals surface area contributed by atoms with Crippen LogP contribution < -0.4 is 4.72 Å². The molecular weight excluding hydrogens is 400 g/mol. The zero-order chi connectivity index (χ0) is 14.6. The molecule has 0 atom stereocenters. The molecule has 0 heterocycles. The highest BCUT2D eigenvalue weighted by molar-refractivity contribution is 9.11. The molecule has 8 heteroatoms. The summed E-state index contributed by atoms with van der Waals surface area (Å²) in [6.45, 7) is 2.09. The van der Waals surface area contributed by atoms with Crippen LogP contribution in [0.15, 0.2) is 32.0 Å². The Hall–Kier alpha value is -0.440. The van der Waals surface area contributed by atoms with E-state index in [2.05, 4.69) is 36.6 Å². The smallest absolute Gasteiger partial charge is 0.242 e. The van der Waals surface area contributed by atoms with Gasteiger partial charge in [0.25, 0.3) is 0 Å². The molecule has 0 spiro atoms. The van der Waals surface area contributed by atoms with Crippen molar-refractivity contribution in [2.75, 3.05) is 20.1 Å². The number of carbonyl (C=O) groups excluding carboxylic acids is 1. The normalized spacial score (nSPS) is 11.4. The topological polar surface area (TPSA) is 66.5 Å². The van der Waals surface area contributed by atoms with Crippen molar-refractivity contribution >= 4 is 47.8 Å². The minimum absolute atomic E-state index is 0.0997. The van der Waals surface area contributed by atoms with Crippen LogP contribution in [0.4, 0.5) is 0 Å². The van der Waals surface area contributed by atoms with Crippen molar-refractivity contribution in [2.24, 2.45) is 0 Å². The van der Waals surface area contributed by atoms with E-state index in [0.717, 1.165) is 4.47 Å². The summed E-state index contributed by atoms with van der Waals surface area (Å²) in [5.74, 6) is -0.278. The molecule has 0 aliphatic rings. The molecule has 0 aliphatic carbocycles. The van der Waals surface area contributed by atoms with Gasteiger partial charge in [-0.05, 0) is 41.1 Å². The van der Waals surface area contributed by atoms with Crippen molar-refractivity contribution in [3.8, 4) is 0 Å². The fourth-order valence-electron chi connectivity index (χ4n) is 1.24. The lowest BCUT2D eigenvalue weighted by Gasteiger charge is -2.15. The maximum absolute atomic E-state index is 12.1. The Bertz CT molecular complexity index is 575. The minimum atomic E-state index is -3.71. The van der Waals surface area contributed by atoms with Gasteiger partial charge >= 0.3 is 0 Å². The molecule has 1 aromatic carbocycles. The summed E-state index contributed by atoms with van der Waals surface area (Å²) in [4.78, 5) is 13.1. The van der Waals surface area contributed by atoms with Gasteiger partial charge in [-0.25, -0.2) is 13.1 Å². The van der Waals surface area contributed by atoms with E-state index < -0.39 is 10.0 Å². The first-order valence-corrected chi connectivity index (χ1v) is 8.53. The van der Waals surface area contributed by atoms with Crippen molar-refractivity contribution in [3.63, 3.8) is 0 Å². The van der Waals surface area contributed by atoms with Crippen LogP contribution in [0.2, 0.25) is 0 Å². The number of nitrogens with zero attached hydrogens (tertiary/aromatic N) is 1. The number of halogens is 2. The molecule has 0 fully saturated rings. The van der Waals surface area contributed by atoms with Gasteiger partial charge in [0, 0.05) is 22.5 Å². The van der Waals surface area contributed by atoms with Gasteiger partial charge in [0.05, 0.1) is 11.4 Å². The number of amides is 1. The molecule has 1 N–H and O–H groups in total. The van der Waals surface area contributed by atoms with E-state index in [1.807, 2.05) is 6.92 Å². The molecule has 0 radical (unpaired) electrons. The van der Waals surface area contributed by atoms with E-state index in [9.17, 15) is 13.2 Å². The first-order chi connectivity index (χ1) is 8.77. The van der Waals surface area contributed by atoms with E-state index in [4.69, 9.17) is 0 Å². The molecule has 5 nitrogen and oxygen atoms in total. The molecule has 0 saturated carbocycles. The molecule has 1 aromatic rings. The van der Waals surface area contributed by atoms with E-state index in [1.54, 1.807) is 19.2 Å². The van der Waals surface area contributed by atoms with Crippen LogP contribution in [0.3, 0.4) is 0 Å². The second-order valence-electron chi connectivity index (χ2n) is 3.81. The highest BCUT2D eigenvalue weighted by atomic mass is 79.9. The summed E-state index contributed by atoms with van der Waals surface area (Å²) in [5, 5.41) is 0. The predicted molar refractivity (Wildman–Crippen MR) is 80.3 cm³/mol. The first kappa shape index (κ1) is 16.6. The Morgan fingerprint density at radius 2 is 2.00 bits per heavy atom. The van der Waals surface area contributed by atoms with Crippen molar-refractivity contribution in [1.82, 2.24) is 9.62 Å². The number of hydrogen-bond donors (Lipinski definition) is 1. The van der Waals surface area contributed by atoms with E-state index in [1.165, 1.54) is 11.0 Å². The second-order valence-corrected chi connectivity index (χ2v) is 7.31. The lowest BCUT2D eigenvalue weighted by atomic mass is 10.4. The van der Waals surface area contributed by atoms with Gasteiger partial charge in [0.2, 0.25) is 15.9 Å². The quantitative estimate of drug-likeness (QED) is 0.802. The fraction of sp³-hybridized carbons (Fsp3) is 0.364. The second kappa shape index (κ2) is 6.83. The van der Waals surface area contributed by atoms with Gasteiger partial charge in [-0.3, -0.25) is 4.79 Å². The average Bonchev–Trinajstić information content (AvgIpc) is 2.34. The molecular formula is C11H14Br2N2O3S. The Morgan fingerprint density at radius 1 is 1.37 bits per heavy atom. The van der Waals surface area contributed by atoms with Crippen molar-refractivity contribution in [2.45, 2.75) is 11.8 Å². The largest absolute Gasteiger partial charge is 0.345 e. The Kier molecular flexibility index (Phi) is 5.97. The van der Waals surface area contributed by atoms with Gasteiger partial charge in [-0.1, -0.05) is 15.9 Å². The van der Waals surface area contributed by atoms with Gasteiger partial charge in [-0.15, -0.1) is 0 Å². The third kappa shape index (κ3) is 4.55. The number of sulfonamides is 1. The molecule has 0 bridgehead atoms. The van der Waals surface area contributed by atoms with Crippen LogP contribution in [0.1, 0.15) is 6.92 Å². The van der Waals surface area contributed by atoms with Crippen LogP contribution in [0, 0.1) is 0 Å². The minimum Gasteiger partial charge on any atom is -0.345 e. The van der Waals surface area contributed by atoms with Crippen LogP contribution in [-0.4, -0.2) is 39.4 Å². The molecule has 106 valence electrons. The monoisotopic (exact) mass is 412 g/mol. The first-order valence-electron chi connectivity index (χ1n) is 5.46. The number of benzene rings is 1. The van der Waals surface area contributed by atoms with Gasteiger partial charge in [0.1, 0.15) is 0 Å². The molecule has 0 aliphatic heterocycles. The molecule has 1 amide bonds. The SMILES string of the molecule is CCN(C)C(=O)CNS(=O)(=O)c1ccc(Br)cc1Br. The Labute approximate surface area is 129 Å². The van der Waals surface area contributed by atoms with Gasteiger partial charge in [0.15, 0.2) is 0 Å². The average molecular weight is 414 g/mol. The molecule has 1 rings (SSSR count). The standard InChI is InChI=1S/C11H14Br2N2O3S/c1-3-15(2)11(16)7-14-19(17,18)10-5-4-8(12)6-9(10)13/h4-6,14H,3,7H2,1-2H3. The van der Waals surface area contributed by atoms with Crippen molar-refractivity contribution in [1.29, 1.82) is 0 Å². The summed E-state index contributed by atoms with van der Waals surface area (Å²) >= 11 is 6.44. The number of likely N-dealkylation sites (N-methyl/N-ethyl adjacent to an activating group) is 1. The van der Waals surface area contributed by atoms with E-state index in [0.29, 0.717) is 11.0 Å². The predicted octanol–water partition coefficient (Wildman–Crippen LogP) is 1.97. The third-order valence-electron chi connectivity index (χ3n) is 2.50. The van der Waals surface area contributed by atoms with Crippen LogP contribution >= 0.6 is 31.9 Å². The summed E-state index contributed by atoms with van der Waals surface area (Å²) in [6, 6.07) is 4.72. The van der Waals surface area contributed by atoms with E-state index >= 15 is 0 Å². The van der Waals surface area contributed by atoms with Crippen LogP contribution in [-0.2, 0) is 14.8 Å². The maximum atomic E-state index is 12.1. The van der Waals surface area contributed by atoms with Crippen LogP contribution in [0.25, 0.3) is 0 Å². The van der Waals surface area contributed by atoms with Crippen molar-refractivity contribution < 1.29 is 13.2 Å². The summed E-state index contributed by atoms with van der Waals surface area (Å²) in [5.41, 5.74) is 0. The fourth-order valence-corrected chi connectivity index (χ4v) is 3.96. The Balaban J connectivity index is 2.85. The van der Waals surface area contributed by atoms with Gasteiger partial charge in [-0.2, -0.15) is 0 Å². The number of rotatable bonds is 5. The molecule has 0 aromatic heterocycles. The maximum Gasteiger partial charge on any atom is 0.242 e. The molecule has 19 heavy (non-hydrogen) atoms. The third-order valence-corrected chi connectivity index (χ3v) is 5.37. The lowest BCUT2D eigenvalue weighted by molar-refractivity contribution is -0.128.